The van der Waals surface area contributed by atoms with Gasteiger partial charge in [-0.15, -0.1) is 0 Å². The molecular weight excluding hydrogens is 677 g/mol. The van der Waals surface area contributed by atoms with E-state index in [0.717, 1.165) is 33.4 Å². The van der Waals surface area contributed by atoms with E-state index in [4.69, 9.17) is 10.4 Å². The molecule has 10 aromatic rings. The highest BCUT2D eigenvalue weighted by Gasteiger charge is 2.13. The average Bonchev–Trinajstić information content (AvgIpc) is 3.27. The lowest BCUT2D eigenvalue weighted by molar-refractivity contribution is 1.41. The maximum Gasteiger partial charge on any atom is 0.152 e. The molecule has 0 heterocycles. The molecule has 0 bridgehead atoms. The van der Waals surface area contributed by atoms with Crippen LogP contribution < -0.4 is 0 Å². The lowest BCUT2D eigenvalue weighted by Gasteiger charge is -2.14. The fraction of sp³-hybridized carbons (Fsp3) is 0. The number of allylic oxidation sites excluding steroid dienone is 1. The molecular formula is C54H36N2. The zero-order valence-electron chi connectivity index (χ0n) is 30.7. The number of hydrogen-bond acceptors (Lipinski definition) is 1. The number of benzene rings is 10. The fourth-order valence-electron chi connectivity index (χ4n) is 8.07. The van der Waals surface area contributed by atoms with E-state index in [1.165, 1.54) is 65.2 Å². The Morgan fingerprint density at radius 3 is 1.62 bits per heavy atom. The van der Waals surface area contributed by atoms with Gasteiger partial charge in [-0.05, 0) is 99.9 Å². The van der Waals surface area contributed by atoms with Gasteiger partial charge in [0.05, 0.1) is 5.71 Å². The highest BCUT2D eigenvalue weighted by Crippen LogP contribution is 2.40. The number of hydrogen-bond donors (Lipinski definition) is 1. The molecule has 56 heavy (non-hydrogen) atoms. The summed E-state index contributed by atoms with van der Waals surface area (Å²) >= 11 is 0. The predicted molar refractivity (Wildman–Crippen MR) is 240 cm³/mol. The number of rotatable bonds is 6. The monoisotopic (exact) mass is 712 g/mol. The van der Waals surface area contributed by atoms with Crippen LogP contribution in [0.1, 0.15) is 16.7 Å². The minimum atomic E-state index is 0.229. The first-order chi connectivity index (χ1) is 27.7. The third-order valence-electron chi connectivity index (χ3n) is 10.9. The summed E-state index contributed by atoms with van der Waals surface area (Å²) in [4.78, 5) is 4.87. The molecule has 262 valence electrons. The van der Waals surface area contributed by atoms with Crippen molar-refractivity contribution in [3.05, 3.63) is 223 Å². The highest BCUT2D eigenvalue weighted by molar-refractivity contribution is 6.21. The molecule has 0 radical (unpaired) electrons. The second-order valence-corrected chi connectivity index (χ2v) is 14.3. The Kier molecular flexibility index (Phi) is 8.35. The largest absolute Gasteiger partial charge is 0.282 e. The Bertz CT molecular complexity index is 3170. The van der Waals surface area contributed by atoms with E-state index >= 15 is 0 Å². The van der Waals surface area contributed by atoms with Crippen LogP contribution >= 0.6 is 0 Å². The molecule has 0 saturated carbocycles. The predicted octanol–water partition coefficient (Wildman–Crippen LogP) is 14.3. The molecule has 10 rings (SSSR count). The van der Waals surface area contributed by atoms with E-state index in [-0.39, 0.29) is 5.84 Å². The van der Waals surface area contributed by atoms with Crippen LogP contribution in [0, 0.1) is 5.41 Å². The fourth-order valence-corrected chi connectivity index (χ4v) is 8.07. The summed E-state index contributed by atoms with van der Waals surface area (Å²) in [5, 5.41) is 21.2. The van der Waals surface area contributed by atoms with Gasteiger partial charge in [0.25, 0.3) is 0 Å². The van der Waals surface area contributed by atoms with Crippen molar-refractivity contribution < 1.29 is 0 Å². The standard InChI is InChI=1S/C54H36N2/c55-54(42-12-2-1-3-13-42)56-52(45-30-31-48-44(34-45)28-25-39-10-4-7-15-46(39)48)33-20-36-18-21-37(22-19-36)38-23-26-41(27-24-38)53-49-17-9-6-14-43(49)35-51-47-16-8-5-11-40(47)29-32-50(51)53/h1-35,55H/b33-20+,55-54?,56-52?. The van der Waals surface area contributed by atoms with E-state index < -0.39 is 0 Å². The third kappa shape index (κ3) is 6.14. The SMILES string of the molecule is N=C(N=C(/C=C/c1ccc(-c2ccc(-c3c4ccccc4cc4c3ccc3ccccc34)cc2)cc1)c1ccc2c(ccc3ccccc32)c1)c1ccccc1. The van der Waals surface area contributed by atoms with E-state index in [1.807, 2.05) is 36.4 Å². The molecule has 2 heteroatoms. The van der Waals surface area contributed by atoms with Gasteiger partial charge in [0.2, 0.25) is 0 Å². The van der Waals surface area contributed by atoms with Crippen LogP contribution in [-0.2, 0) is 0 Å². The topological polar surface area (TPSA) is 36.2 Å². The molecule has 0 aliphatic rings. The van der Waals surface area contributed by atoms with Crippen LogP contribution in [0.5, 0.6) is 0 Å². The van der Waals surface area contributed by atoms with Crippen LogP contribution in [0.25, 0.3) is 82.2 Å². The molecule has 0 atom stereocenters. The number of amidine groups is 1. The van der Waals surface area contributed by atoms with Gasteiger partial charge in [-0.25, -0.2) is 4.99 Å². The quantitative estimate of drug-likeness (QED) is 0.0771. The Labute approximate surface area is 325 Å². The average molecular weight is 713 g/mol. The van der Waals surface area contributed by atoms with Gasteiger partial charge in [-0.2, -0.15) is 0 Å². The van der Waals surface area contributed by atoms with Gasteiger partial charge < -0.3 is 0 Å². The van der Waals surface area contributed by atoms with Crippen molar-refractivity contribution in [3.8, 4) is 22.3 Å². The van der Waals surface area contributed by atoms with Crippen LogP contribution in [0.4, 0.5) is 0 Å². The van der Waals surface area contributed by atoms with Crippen molar-refractivity contribution in [1.82, 2.24) is 0 Å². The van der Waals surface area contributed by atoms with E-state index in [1.54, 1.807) is 0 Å². The van der Waals surface area contributed by atoms with Crippen molar-refractivity contribution in [1.29, 1.82) is 5.41 Å². The molecule has 10 aromatic carbocycles. The third-order valence-corrected chi connectivity index (χ3v) is 10.9. The second kappa shape index (κ2) is 14.1. The molecule has 2 nitrogen and oxygen atoms in total. The van der Waals surface area contributed by atoms with Crippen LogP contribution in [-0.4, -0.2) is 11.5 Å². The molecule has 1 N–H and O–H groups in total. The normalized spacial score (nSPS) is 12.0. The summed E-state index contributed by atoms with van der Waals surface area (Å²) in [6.07, 6.45) is 4.12. The van der Waals surface area contributed by atoms with E-state index in [2.05, 4.69) is 176 Å². The number of nitrogens with zero attached hydrogens (tertiary/aromatic N) is 1. The zero-order valence-corrected chi connectivity index (χ0v) is 30.7. The van der Waals surface area contributed by atoms with Gasteiger partial charge in [-0.1, -0.05) is 194 Å². The number of fused-ring (bicyclic) bond motifs is 7. The lowest BCUT2D eigenvalue weighted by Crippen LogP contribution is -2.03. The van der Waals surface area contributed by atoms with Gasteiger partial charge in [0, 0.05) is 11.1 Å². The Hall–Kier alpha value is -7.42. The molecule has 0 spiro atoms. The molecule has 0 aromatic heterocycles. The van der Waals surface area contributed by atoms with Crippen LogP contribution in [0.15, 0.2) is 211 Å². The van der Waals surface area contributed by atoms with Gasteiger partial charge in [0.15, 0.2) is 5.84 Å². The zero-order chi connectivity index (χ0) is 37.4. The summed E-state index contributed by atoms with van der Waals surface area (Å²) in [7, 11) is 0. The number of nitrogens with one attached hydrogen (secondary N) is 1. The van der Waals surface area contributed by atoms with E-state index in [0.29, 0.717) is 0 Å². The summed E-state index contributed by atoms with van der Waals surface area (Å²) in [6.45, 7) is 0. The molecule has 0 amide bonds. The van der Waals surface area contributed by atoms with Crippen LogP contribution in [0.3, 0.4) is 0 Å². The van der Waals surface area contributed by atoms with Gasteiger partial charge >= 0.3 is 0 Å². The molecule has 0 aliphatic heterocycles. The van der Waals surface area contributed by atoms with Gasteiger partial charge in [0.1, 0.15) is 0 Å². The summed E-state index contributed by atoms with van der Waals surface area (Å²) in [6, 6.07) is 70.9. The second-order valence-electron chi connectivity index (χ2n) is 14.3. The summed E-state index contributed by atoms with van der Waals surface area (Å²) < 4.78 is 0. The molecule has 0 saturated heterocycles. The van der Waals surface area contributed by atoms with Crippen molar-refractivity contribution in [2.45, 2.75) is 0 Å². The molecule has 0 fully saturated rings. The minimum Gasteiger partial charge on any atom is -0.282 e. The summed E-state index contributed by atoms with van der Waals surface area (Å²) in [5.41, 5.74) is 8.35. The minimum absolute atomic E-state index is 0.229. The first kappa shape index (κ1) is 33.2. The number of aliphatic imine (C=N–C) groups is 1. The Morgan fingerprint density at radius 2 is 0.893 bits per heavy atom. The smallest absolute Gasteiger partial charge is 0.152 e. The summed E-state index contributed by atoms with van der Waals surface area (Å²) in [5.74, 6) is 0.229. The van der Waals surface area contributed by atoms with Crippen LogP contribution in [0.2, 0.25) is 0 Å². The lowest BCUT2D eigenvalue weighted by atomic mass is 9.89. The van der Waals surface area contributed by atoms with Crippen molar-refractivity contribution >= 4 is 71.5 Å². The first-order valence-corrected chi connectivity index (χ1v) is 19.0. The molecule has 0 unspecified atom stereocenters. The van der Waals surface area contributed by atoms with Crippen molar-refractivity contribution in [2.24, 2.45) is 4.99 Å². The molecule has 0 aliphatic carbocycles. The van der Waals surface area contributed by atoms with Gasteiger partial charge in [-0.3, -0.25) is 5.41 Å². The van der Waals surface area contributed by atoms with E-state index in [9.17, 15) is 0 Å². The maximum absolute atomic E-state index is 8.85. The Morgan fingerprint density at radius 1 is 0.375 bits per heavy atom. The first-order valence-electron chi connectivity index (χ1n) is 19.0. The maximum atomic E-state index is 8.85. The van der Waals surface area contributed by atoms with Crippen molar-refractivity contribution in [3.63, 3.8) is 0 Å². The van der Waals surface area contributed by atoms with Crippen molar-refractivity contribution in [2.75, 3.05) is 0 Å². The Balaban J connectivity index is 0.969. The highest BCUT2D eigenvalue weighted by atomic mass is 14.8.